The van der Waals surface area contributed by atoms with Gasteiger partial charge in [0.05, 0.1) is 18.0 Å². The van der Waals surface area contributed by atoms with Crippen LogP contribution in [0.5, 0.6) is 5.75 Å². The second kappa shape index (κ2) is 7.95. The molecule has 30 heavy (non-hydrogen) atoms. The number of aryl methyl sites for hydroxylation is 3. The van der Waals surface area contributed by atoms with Gasteiger partial charge in [-0.25, -0.2) is 8.42 Å². The van der Waals surface area contributed by atoms with Crippen molar-refractivity contribution in [3.05, 3.63) is 58.7 Å². The van der Waals surface area contributed by atoms with Crippen molar-refractivity contribution in [2.45, 2.75) is 52.7 Å². The van der Waals surface area contributed by atoms with Crippen LogP contribution in [0.25, 0.3) is 0 Å². The Morgan fingerprint density at radius 2 is 1.80 bits per heavy atom. The van der Waals surface area contributed by atoms with Crippen LogP contribution < -0.4 is 14.4 Å². The molecule has 1 unspecified atom stereocenters. The van der Waals surface area contributed by atoms with Crippen LogP contribution in [0.15, 0.2) is 36.4 Å². The second-order valence-corrected chi connectivity index (χ2v) is 10.6. The molecular weight excluding hydrogens is 400 g/mol. The zero-order valence-electron chi connectivity index (χ0n) is 18.4. The van der Waals surface area contributed by atoms with Gasteiger partial charge in [-0.2, -0.15) is 0 Å². The number of hydrogen-bond acceptors (Lipinski definition) is 4. The van der Waals surface area contributed by atoms with Gasteiger partial charge in [0.1, 0.15) is 17.9 Å². The van der Waals surface area contributed by atoms with Crippen LogP contribution in [-0.4, -0.2) is 32.7 Å². The molecule has 0 radical (unpaired) electrons. The fourth-order valence-electron chi connectivity index (χ4n) is 4.02. The number of nitrogens with one attached hydrogen (secondary N) is 1. The number of rotatable bonds is 5. The molecule has 3 rings (SSSR count). The summed E-state index contributed by atoms with van der Waals surface area (Å²) in [4.78, 5) is 13.0. The van der Waals surface area contributed by atoms with Gasteiger partial charge in [0.2, 0.25) is 15.9 Å². The molecule has 0 spiro atoms. The normalized spacial score (nSPS) is 17.6. The van der Waals surface area contributed by atoms with Crippen LogP contribution >= 0.6 is 0 Å². The number of fused-ring (bicyclic) bond motifs is 1. The summed E-state index contributed by atoms with van der Waals surface area (Å²) in [5, 5.41) is 3.04. The number of anilines is 1. The van der Waals surface area contributed by atoms with Crippen molar-refractivity contribution in [1.82, 2.24) is 5.32 Å². The molecule has 162 valence electrons. The van der Waals surface area contributed by atoms with Gasteiger partial charge in [-0.1, -0.05) is 30.3 Å². The molecule has 1 atom stereocenters. The maximum absolute atomic E-state index is 13.0. The summed E-state index contributed by atoms with van der Waals surface area (Å²) in [5.41, 5.74) is 3.71. The van der Waals surface area contributed by atoms with Crippen molar-refractivity contribution in [3.63, 3.8) is 0 Å². The van der Waals surface area contributed by atoms with Crippen molar-refractivity contribution in [3.8, 4) is 5.75 Å². The van der Waals surface area contributed by atoms with Gasteiger partial charge in [-0.05, 0) is 57.4 Å². The summed E-state index contributed by atoms with van der Waals surface area (Å²) in [6.07, 6.45) is 1.72. The summed E-state index contributed by atoms with van der Waals surface area (Å²) in [5.74, 6) is 0.406. The number of amides is 1. The maximum Gasteiger partial charge on any atom is 0.241 e. The van der Waals surface area contributed by atoms with E-state index in [1.54, 1.807) is 0 Å². The first-order valence-corrected chi connectivity index (χ1v) is 11.8. The van der Waals surface area contributed by atoms with Gasteiger partial charge in [0, 0.05) is 12.0 Å². The molecule has 7 heteroatoms. The van der Waals surface area contributed by atoms with Crippen LogP contribution in [0.2, 0.25) is 0 Å². The Balaban J connectivity index is 1.88. The van der Waals surface area contributed by atoms with Gasteiger partial charge in [-0.15, -0.1) is 0 Å². The van der Waals surface area contributed by atoms with Gasteiger partial charge >= 0.3 is 0 Å². The van der Waals surface area contributed by atoms with Gasteiger partial charge in [-0.3, -0.25) is 9.10 Å². The lowest BCUT2D eigenvalue weighted by molar-refractivity contribution is -0.120. The van der Waals surface area contributed by atoms with Gasteiger partial charge in [0.15, 0.2) is 0 Å². The fourth-order valence-corrected chi connectivity index (χ4v) is 4.99. The number of hydrogen-bond donors (Lipinski definition) is 1. The number of para-hydroxylation sites is 1. The molecular formula is C23H30N2O4S. The summed E-state index contributed by atoms with van der Waals surface area (Å²) in [6.45, 7) is 9.38. The minimum absolute atomic E-state index is 0.253. The van der Waals surface area contributed by atoms with E-state index in [1.807, 2.05) is 71.0 Å². The number of ether oxygens (including phenoxy) is 1. The highest BCUT2D eigenvalue weighted by atomic mass is 32.2. The van der Waals surface area contributed by atoms with E-state index in [9.17, 15) is 13.2 Å². The first-order chi connectivity index (χ1) is 13.9. The Hall–Kier alpha value is -2.54. The van der Waals surface area contributed by atoms with E-state index in [0.29, 0.717) is 12.1 Å². The molecule has 1 amide bonds. The fraction of sp³-hybridized carbons (Fsp3) is 0.435. The second-order valence-electron chi connectivity index (χ2n) is 8.74. The monoisotopic (exact) mass is 430 g/mol. The third-order valence-electron chi connectivity index (χ3n) is 5.34. The predicted molar refractivity (Wildman–Crippen MR) is 119 cm³/mol. The molecule has 2 aromatic carbocycles. The van der Waals surface area contributed by atoms with Crippen molar-refractivity contribution >= 4 is 21.6 Å². The third kappa shape index (κ3) is 4.78. The molecule has 6 nitrogen and oxygen atoms in total. The number of sulfonamides is 1. The molecule has 0 bridgehead atoms. The standard InChI is InChI=1S/C23H30N2O4S/c1-15-10-11-18-19(13-23(4,5)29-20(18)12-15)24-21(26)14-25(30(6,27)28)22-16(2)8-7-9-17(22)3/h7-12,19H,13-14H2,1-6H3,(H,24,26). The zero-order valence-corrected chi connectivity index (χ0v) is 19.3. The van der Waals surface area contributed by atoms with E-state index in [-0.39, 0.29) is 18.5 Å². The van der Waals surface area contributed by atoms with Gasteiger partial charge in [0.25, 0.3) is 0 Å². The number of benzene rings is 2. The van der Waals surface area contributed by atoms with Crippen LogP contribution in [0, 0.1) is 20.8 Å². The lowest BCUT2D eigenvalue weighted by atomic mass is 9.89. The maximum atomic E-state index is 13.0. The lowest BCUT2D eigenvalue weighted by Gasteiger charge is -2.38. The van der Waals surface area contributed by atoms with Crippen molar-refractivity contribution in [1.29, 1.82) is 0 Å². The van der Waals surface area contributed by atoms with Crippen LogP contribution in [0.4, 0.5) is 5.69 Å². The Kier molecular flexibility index (Phi) is 5.87. The SMILES string of the molecule is Cc1ccc2c(c1)OC(C)(C)CC2NC(=O)CN(c1c(C)cccc1C)S(C)(=O)=O. The number of carbonyl (C=O) groups excluding carboxylic acids is 1. The van der Waals surface area contributed by atoms with E-state index >= 15 is 0 Å². The van der Waals surface area contributed by atoms with E-state index in [0.717, 1.165) is 34.3 Å². The summed E-state index contributed by atoms with van der Waals surface area (Å²) in [6, 6.07) is 11.2. The first kappa shape index (κ1) is 22.2. The predicted octanol–water partition coefficient (Wildman–Crippen LogP) is 3.80. The number of nitrogens with zero attached hydrogens (tertiary/aromatic N) is 1. The molecule has 0 fully saturated rings. The smallest absolute Gasteiger partial charge is 0.241 e. The molecule has 1 heterocycles. The molecule has 1 aliphatic rings. The summed E-state index contributed by atoms with van der Waals surface area (Å²) >= 11 is 0. The molecule has 0 saturated carbocycles. The van der Waals surface area contributed by atoms with E-state index in [2.05, 4.69) is 5.32 Å². The Morgan fingerprint density at radius 3 is 2.40 bits per heavy atom. The minimum Gasteiger partial charge on any atom is -0.487 e. The average molecular weight is 431 g/mol. The van der Waals surface area contributed by atoms with Crippen LogP contribution in [-0.2, 0) is 14.8 Å². The van der Waals surface area contributed by atoms with Crippen LogP contribution in [0.3, 0.4) is 0 Å². The topological polar surface area (TPSA) is 75.7 Å². The van der Waals surface area contributed by atoms with Crippen LogP contribution in [0.1, 0.15) is 48.6 Å². The van der Waals surface area contributed by atoms with Gasteiger partial charge < -0.3 is 10.1 Å². The molecule has 1 aliphatic heterocycles. The summed E-state index contributed by atoms with van der Waals surface area (Å²) < 4.78 is 32.3. The van der Waals surface area contributed by atoms with E-state index in [1.165, 1.54) is 4.31 Å². The van der Waals surface area contributed by atoms with Crippen molar-refractivity contribution in [2.24, 2.45) is 0 Å². The average Bonchev–Trinajstić information content (AvgIpc) is 2.58. The summed E-state index contributed by atoms with van der Waals surface area (Å²) in [7, 11) is -3.64. The Morgan fingerprint density at radius 1 is 1.17 bits per heavy atom. The molecule has 0 saturated heterocycles. The van der Waals surface area contributed by atoms with E-state index < -0.39 is 15.6 Å². The van der Waals surface area contributed by atoms with Crippen molar-refractivity contribution in [2.75, 3.05) is 17.1 Å². The molecule has 2 aromatic rings. The minimum atomic E-state index is -3.64. The molecule has 1 N–H and O–H groups in total. The highest BCUT2D eigenvalue weighted by molar-refractivity contribution is 7.92. The zero-order chi connectivity index (χ0) is 22.3. The lowest BCUT2D eigenvalue weighted by Crippen LogP contribution is -2.45. The Bertz CT molecular complexity index is 1060. The Labute approximate surface area is 179 Å². The highest BCUT2D eigenvalue weighted by Gasteiger charge is 2.35. The first-order valence-electron chi connectivity index (χ1n) is 10.0. The third-order valence-corrected chi connectivity index (χ3v) is 6.45. The largest absolute Gasteiger partial charge is 0.487 e. The quantitative estimate of drug-likeness (QED) is 0.783. The number of carbonyl (C=O) groups is 1. The van der Waals surface area contributed by atoms with E-state index in [4.69, 9.17) is 4.74 Å². The molecule has 0 aromatic heterocycles. The highest BCUT2D eigenvalue weighted by Crippen LogP contribution is 2.40. The molecule has 0 aliphatic carbocycles. The van der Waals surface area contributed by atoms with Crippen molar-refractivity contribution < 1.29 is 17.9 Å².